The Morgan fingerprint density at radius 2 is 1.79 bits per heavy atom. The fraction of sp³-hybridized carbons (Fsp3) is 0.500. The van der Waals surface area contributed by atoms with Crippen molar-refractivity contribution in [1.82, 2.24) is 10.4 Å². The van der Waals surface area contributed by atoms with Crippen LogP contribution < -0.4 is 10.7 Å². The van der Waals surface area contributed by atoms with Gasteiger partial charge in [-0.05, 0) is 63.2 Å². The predicted molar refractivity (Wildman–Crippen MR) is 80.4 cm³/mol. The molecule has 2 N–H and O–H groups in total. The van der Waals surface area contributed by atoms with Gasteiger partial charge in [0, 0.05) is 17.8 Å². The molecule has 0 spiro atoms. The maximum absolute atomic E-state index is 12.8. The lowest BCUT2D eigenvalue weighted by Crippen LogP contribution is -2.55. The van der Waals surface area contributed by atoms with Gasteiger partial charge in [-0.25, -0.2) is 9.40 Å². The molecule has 0 unspecified atom stereocenters. The molecule has 1 fully saturated rings. The van der Waals surface area contributed by atoms with Crippen molar-refractivity contribution in [1.29, 1.82) is 0 Å². The molecule has 1 saturated heterocycles. The second kappa shape index (κ2) is 6.30. The number of piperidine rings is 1. The molecule has 0 radical (unpaired) electrons. The van der Waals surface area contributed by atoms with Crippen molar-refractivity contribution in [3.8, 4) is 0 Å². The molecule has 0 aliphatic carbocycles. The number of halogens is 1. The summed E-state index contributed by atoms with van der Waals surface area (Å²) in [7, 11) is 0. The van der Waals surface area contributed by atoms with Gasteiger partial charge >= 0.3 is 0 Å². The predicted octanol–water partition coefficient (Wildman–Crippen LogP) is 3.29. The minimum atomic E-state index is -0.247. The Morgan fingerprint density at radius 3 is 2.37 bits per heavy atom. The third-order valence-corrected chi connectivity index (χ3v) is 3.72. The highest BCUT2D eigenvalue weighted by atomic mass is 32.1. The molecule has 0 bridgehead atoms. The molecular weight excluding hydrogens is 261 g/mol. The minimum absolute atomic E-state index is 0.247. The third-order valence-electron chi connectivity index (χ3n) is 3.53. The summed E-state index contributed by atoms with van der Waals surface area (Å²) in [5, 5.41) is 5.81. The van der Waals surface area contributed by atoms with Crippen molar-refractivity contribution in [2.24, 2.45) is 0 Å². The van der Waals surface area contributed by atoms with Gasteiger partial charge in [-0.3, -0.25) is 5.43 Å². The van der Waals surface area contributed by atoms with Crippen LogP contribution in [0.5, 0.6) is 0 Å². The number of nitrogens with zero attached hydrogens (tertiary/aromatic N) is 1. The molecule has 19 heavy (non-hydrogen) atoms. The highest BCUT2D eigenvalue weighted by Crippen LogP contribution is 2.20. The standard InChI is InChI=1S/C14H20FN3S/c1-10-4-3-5-11(2)18(10)17-14(19)16-13-8-6-12(15)7-9-13/h6-11H,3-5H2,1-2H3,(H2,16,17,19)/t10-,11+. The van der Waals surface area contributed by atoms with Crippen LogP contribution in [0.1, 0.15) is 33.1 Å². The van der Waals surface area contributed by atoms with Crippen molar-refractivity contribution < 1.29 is 4.39 Å². The van der Waals surface area contributed by atoms with Gasteiger partial charge in [-0.1, -0.05) is 6.42 Å². The van der Waals surface area contributed by atoms with Crippen LogP contribution >= 0.6 is 12.2 Å². The summed E-state index contributed by atoms with van der Waals surface area (Å²) in [6, 6.07) is 7.11. The van der Waals surface area contributed by atoms with Gasteiger partial charge in [0.2, 0.25) is 0 Å². The van der Waals surface area contributed by atoms with Gasteiger partial charge in [0.1, 0.15) is 5.82 Å². The number of hydrogen-bond acceptors (Lipinski definition) is 2. The molecule has 104 valence electrons. The third kappa shape index (κ3) is 3.88. The van der Waals surface area contributed by atoms with Crippen LogP contribution in [0.25, 0.3) is 0 Å². The quantitative estimate of drug-likeness (QED) is 0.814. The van der Waals surface area contributed by atoms with Crippen molar-refractivity contribution in [3.05, 3.63) is 30.1 Å². The Hall–Kier alpha value is -1.20. The smallest absolute Gasteiger partial charge is 0.185 e. The molecule has 2 atom stereocenters. The first-order valence-corrected chi connectivity index (χ1v) is 7.08. The number of thiocarbonyl (C=S) groups is 1. The van der Waals surface area contributed by atoms with E-state index < -0.39 is 0 Å². The first-order chi connectivity index (χ1) is 9.06. The van der Waals surface area contributed by atoms with E-state index in [1.165, 1.54) is 31.4 Å². The molecule has 1 aliphatic heterocycles. The van der Waals surface area contributed by atoms with Gasteiger partial charge in [0.05, 0.1) is 0 Å². The zero-order valence-corrected chi connectivity index (χ0v) is 12.1. The second-order valence-corrected chi connectivity index (χ2v) is 5.52. The van der Waals surface area contributed by atoms with E-state index in [1.54, 1.807) is 12.1 Å². The SMILES string of the molecule is C[C@@H]1CCC[C@H](C)N1NC(=S)Nc1ccc(F)cc1. The largest absolute Gasteiger partial charge is 0.332 e. The lowest BCUT2D eigenvalue weighted by atomic mass is 10.00. The molecule has 2 rings (SSSR count). The molecule has 1 aromatic carbocycles. The summed E-state index contributed by atoms with van der Waals surface area (Å²) in [4.78, 5) is 0. The number of anilines is 1. The molecule has 0 aromatic heterocycles. The van der Waals surface area contributed by atoms with E-state index in [1.807, 2.05) is 0 Å². The Labute approximate surface area is 119 Å². The van der Waals surface area contributed by atoms with Crippen LogP contribution in [0.4, 0.5) is 10.1 Å². The fourth-order valence-electron chi connectivity index (χ4n) is 2.45. The summed E-state index contributed by atoms with van der Waals surface area (Å²) in [5.74, 6) is -0.247. The van der Waals surface area contributed by atoms with Crippen LogP contribution in [0, 0.1) is 5.82 Å². The van der Waals surface area contributed by atoms with Crippen molar-refractivity contribution in [3.63, 3.8) is 0 Å². The Kier molecular flexibility index (Phi) is 4.71. The van der Waals surface area contributed by atoms with Crippen molar-refractivity contribution in [2.75, 3.05) is 5.32 Å². The highest BCUT2D eigenvalue weighted by molar-refractivity contribution is 7.80. The van der Waals surface area contributed by atoms with E-state index >= 15 is 0 Å². The molecule has 3 nitrogen and oxygen atoms in total. The molecular formula is C14H20FN3S. The number of rotatable bonds is 2. The van der Waals surface area contributed by atoms with Crippen LogP contribution in [0.2, 0.25) is 0 Å². The molecule has 5 heteroatoms. The number of benzene rings is 1. The van der Waals surface area contributed by atoms with E-state index in [2.05, 4.69) is 29.6 Å². The topological polar surface area (TPSA) is 27.3 Å². The van der Waals surface area contributed by atoms with Gasteiger partial charge in [0.15, 0.2) is 5.11 Å². The van der Waals surface area contributed by atoms with Gasteiger partial charge in [-0.15, -0.1) is 0 Å². The molecule has 0 amide bonds. The number of hydrogen-bond donors (Lipinski definition) is 2. The Balaban J connectivity index is 1.91. The lowest BCUT2D eigenvalue weighted by Gasteiger charge is -2.39. The van der Waals surface area contributed by atoms with Gasteiger partial charge in [-0.2, -0.15) is 0 Å². The van der Waals surface area contributed by atoms with E-state index in [0.717, 1.165) is 5.69 Å². The van der Waals surface area contributed by atoms with Crippen LogP contribution in [-0.2, 0) is 0 Å². The second-order valence-electron chi connectivity index (χ2n) is 5.11. The summed E-state index contributed by atoms with van der Waals surface area (Å²) in [6.45, 7) is 4.40. The normalized spacial score (nSPS) is 23.9. The molecule has 1 aromatic rings. The zero-order valence-electron chi connectivity index (χ0n) is 11.3. The van der Waals surface area contributed by atoms with Crippen molar-refractivity contribution in [2.45, 2.75) is 45.2 Å². The summed E-state index contributed by atoms with van der Waals surface area (Å²) in [6.07, 6.45) is 3.62. The Bertz CT molecular complexity index is 425. The molecule has 1 aliphatic rings. The lowest BCUT2D eigenvalue weighted by molar-refractivity contribution is 0.0750. The van der Waals surface area contributed by atoms with E-state index in [4.69, 9.17) is 12.2 Å². The maximum atomic E-state index is 12.8. The minimum Gasteiger partial charge on any atom is -0.332 e. The first-order valence-electron chi connectivity index (χ1n) is 6.68. The van der Waals surface area contributed by atoms with Crippen LogP contribution in [-0.4, -0.2) is 22.2 Å². The number of hydrazine groups is 1. The monoisotopic (exact) mass is 281 g/mol. The first kappa shape index (κ1) is 14.2. The average Bonchev–Trinajstić information content (AvgIpc) is 2.37. The van der Waals surface area contributed by atoms with Crippen LogP contribution in [0.3, 0.4) is 0 Å². The number of nitrogens with one attached hydrogen (secondary N) is 2. The summed E-state index contributed by atoms with van der Waals surface area (Å²) < 4.78 is 12.8. The van der Waals surface area contributed by atoms with E-state index in [9.17, 15) is 4.39 Å². The zero-order chi connectivity index (χ0) is 13.8. The van der Waals surface area contributed by atoms with Crippen molar-refractivity contribution >= 4 is 23.0 Å². The molecule has 0 saturated carbocycles. The van der Waals surface area contributed by atoms with Gasteiger partial charge < -0.3 is 5.32 Å². The van der Waals surface area contributed by atoms with E-state index in [-0.39, 0.29) is 5.82 Å². The molecule has 1 heterocycles. The van der Waals surface area contributed by atoms with Gasteiger partial charge in [0.25, 0.3) is 0 Å². The summed E-state index contributed by atoms with van der Waals surface area (Å²) in [5.41, 5.74) is 4.03. The fourth-order valence-corrected chi connectivity index (χ4v) is 2.67. The maximum Gasteiger partial charge on any atom is 0.185 e. The summed E-state index contributed by atoms with van der Waals surface area (Å²) >= 11 is 5.30. The Morgan fingerprint density at radius 1 is 1.21 bits per heavy atom. The van der Waals surface area contributed by atoms with Crippen LogP contribution in [0.15, 0.2) is 24.3 Å². The highest BCUT2D eigenvalue weighted by Gasteiger charge is 2.25. The average molecular weight is 281 g/mol. The van der Waals surface area contributed by atoms with E-state index in [0.29, 0.717) is 17.2 Å².